The molecule has 1 saturated heterocycles. The number of halogens is 4. The van der Waals surface area contributed by atoms with Crippen LogP contribution in [0.2, 0.25) is 5.02 Å². The quantitative estimate of drug-likeness (QED) is 0.695. The summed E-state index contributed by atoms with van der Waals surface area (Å²) in [6.07, 6.45) is -4.26. The van der Waals surface area contributed by atoms with Crippen LogP contribution in [0.25, 0.3) is 0 Å². The van der Waals surface area contributed by atoms with Crippen molar-refractivity contribution in [2.45, 2.75) is 31.0 Å². The zero-order valence-corrected chi connectivity index (χ0v) is 18.8. The largest absolute Gasteiger partial charge is 0.433 e. The van der Waals surface area contributed by atoms with Gasteiger partial charge in [-0.2, -0.15) is 13.2 Å². The second-order valence-corrected chi connectivity index (χ2v) is 9.49. The Balaban J connectivity index is 1.93. The Morgan fingerprint density at radius 1 is 1.09 bits per heavy atom. The molecule has 0 radical (unpaired) electrons. The summed E-state index contributed by atoms with van der Waals surface area (Å²) in [5.74, 6) is -0.435. The van der Waals surface area contributed by atoms with E-state index in [1.54, 1.807) is 29.2 Å². The second-order valence-electron chi connectivity index (χ2n) is 7.31. The number of hydrogen-bond donors (Lipinski definition) is 1. The van der Waals surface area contributed by atoms with Crippen LogP contribution in [0, 0.1) is 0 Å². The van der Waals surface area contributed by atoms with E-state index in [-0.39, 0.29) is 42.8 Å². The molecule has 0 spiro atoms. The highest BCUT2D eigenvalue weighted by molar-refractivity contribution is 7.89. The molecule has 0 unspecified atom stereocenters. The third-order valence-electron chi connectivity index (χ3n) is 5.04. The SMILES string of the molecule is CC(=O)N1CCCN(c2nc(C(F)(F)F)ccc2S(=O)(=O)NCc2ccc(Cl)cc2)CC1. The topological polar surface area (TPSA) is 82.6 Å². The maximum atomic E-state index is 13.3. The highest BCUT2D eigenvalue weighted by Crippen LogP contribution is 2.32. The zero-order valence-electron chi connectivity index (χ0n) is 17.2. The van der Waals surface area contributed by atoms with Crippen molar-refractivity contribution < 1.29 is 26.4 Å². The lowest BCUT2D eigenvalue weighted by Gasteiger charge is -2.25. The predicted octanol–water partition coefficient (Wildman–Crippen LogP) is 3.29. The lowest BCUT2D eigenvalue weighted by Crippen LogP contribution is -2.35. The summed E-state index contributed by atoms with van der Waals surface area (Å²) < 4.78 is 68.3. The standard InChI is InChI=1S/C20H22ClF3N4O3S/c1-14(29)27-9-2-10-28(12-11-27)19-17(7-8-18(26-19)20(22,23)24)32(30,31)25-13-15-3-5-16(21)6-4-15/h3-8,25H,2,9-13H2,1H3. The van der Waals surface area contributed by atoms with Gasteiger partial charge in [0.25, 0.3) is 0 Å². The van der Waals surface area contributed by atoms with Crippen LogP contribution in [-0.2, 0) is 27.5 Å². The molecule has 2 heterocycles. The molecule has 1 amide bonds. The average Bonchev–Trinajstić information content (AvgIpc) is 2.99. The van der Waals surface area contributed by atoms with Gasteiger partial charge in [0.05, 0.1) is 0 Å². The number of nitrogens with one attached hydrogen (secondary N) is 1. The third kappa shape index (κ3) is 5.90. The van der Waals surface area contributed by atoms with Crippen LogP contribution in [0.5, 0.6) is 0 Å². The van der Waals surface area contributed by atoms with Crippen LogP contribution < -0.4 is 9.62 Å². The molecule has 1 aliphatic heterocycles. The van der Waals surface area contributed by atoms with E-state index in [4.69, 9.17) is 11.6 Å². The second kappa shape index (κ2) is 9.63. The number of sulfonamides is 1. The van der Waals surface area contributed by atoms with Crippen LogP contribution in [0.3, 0.4) is 0 Å². The number of aromatic nitrogens is 1. The first-order valence-electron chi connectivity index (χ1n) is 9.80. The molecule has 1 aliphatic rings. The number of anilines is 1. The number of amides is 1. The molecule has 1 aromatic heterocycles. The number of nitrogens with zero attached hydrogens (tertiary/aromatic N) is 3. The van der Waals surface area contributed by atoms with Gasteiger partial charge in [0, 0.05) is 44.7 Å². The van der Waals surface area contributed by atoms with Gasteiger partial charge in [-0.1, -0.05) is 23.7 Å². The van der Waals surface area contributed by atoms with Gasteiger partial charge in [0.1, 0.15) is 16.4 Å². The summed E-state index contributed by atoms with van der Waals surface area (Å²) >= 11 is 5.83. The summed E-state index contributed by atoms with van der Waals surface area (Å²) in [4.78, 5) is 18.0. The summed E-state index contributed by atoms with van der Waals surface area (Å²) in [5.41, 5.74) is -0.553. The number of benzene rings is 1. The molecular formula is C20H22ClF3N4O3S. The normalized spacial score (nSPS) is 15.5. The summed E-state index contributed by atoms with van der Waals surface area (Å²) in [6, 6.07) is 8.06. The molecule has 0 saturated carbocycles. The molecule has 0 atom stereocenters. The van der Waals surface area contributed by atoms with Crippen molar-refractivity contribution >= 4 is 33.3 Å². The molecule has 174 valence electrons. The van der Waals surface area contributed by atoms with Crippen LogP contribution in [0.4, 0.5) is 19.0 Å². The first kappa shape index (κ1) is 24.3. The molecular weight excluding hydrogens is 469 g/mol. The number of carbonyl (C=O) groups is 1. The molecule has 2 aromatic rings. The van der Waals surface area contributed by atoms with Crippen molar-refractivity contribution in [1.29, 1.82) is 0 Å². The van der Waals surface area contributed by atoms with E-state index in [0.29, 0.717) is 29.6 Å². The van der Waals surface area contributed by atoms with Crippen LogP contribution >= 0.6 is 11.6 Å². The van der Waals surface area contributed by atoms with Crippen molar-refractivity contribution in [3.05, 3.63) is 52.7 Å². The van der Waals surface area contributed by atoms with Gasteiger partial charge >= 0.3 is 6.18 Å². The highest BCUT2D eigenvalue weighted by Gasteiger charge is 2.35. The van der Waals surface area contributed by atoms with Gasteiger partial charge in [-0.3, -0.25) is 4.79 Å². The van der Waals surface area contributed by atoms with Gasteiger partial charge in [-0.05, 0) is 36.2 Å². The molecule has 0 aliphatic carbocycles. The summed E-state index contributed by atoms with van der Waals surface area (Å²) in [5, 5.41) is 0.492. The molecule has 32 heavy (non-hydrogen) atoms. The van der Waals surface area contributed by atoms with E-state index >= 15 is 0 Å². The molecule has 0 bridgehead atoms. The summed E-state index contributed by atoms with van der Waals surface area (Å²) in [7, 11) is -4.19. The maximum Gasteiger partial charge on any atom is 0.433 e. The Labute approximate surface area is 189 Å². The van der Waals surface area contributed by atoms with Gasteiger partial charge in [0.15, 0.2) is 0 Å². The maximum absolute atomic E-state index is 13.3. The lowest BCUT2D eigenvalue weighted by molar-refractivity contribution is -0.141. The minimum absolute atomic E-state index is 0.0714. The van der Waals surface area contributed by atoms with E-state index in [0.717, 1.165) is 6.07 Å². The summed E-state index contributed by atoms with van der Waals surface area (Å²) in [6.45, 7) is 2.45. The fourth-order valence-electron chi connectivity index (χ4n) is 3.33. The van der Waals surface area contributed by atoms with E-state index in [1.165, 1.54) is 11.8 Å². The van der Waals surface area contributed by atoms with E-state index in [1.807, 2.05) is 0 Å². The fraction of sp³-hybridized carbons (Fsp3) is 0.400. The number of alkyl halides is 3. The number of rotatable bonds is 5. The van der Waals surface area contributed by atoms with Crippen molar-refractivity contribution in [2.24, 2.45) is 0 Å². The molecule has 1 N–H and O–H groups in total. The Morgan fingerprint density at radius 2 is 1.78 bits per heavy atom. The Kier molecular flexibility index (Phi) is 7.31. The lowest BCUT2D eigenvalue weighted by atomic mass is 10.2. The predicted molar refractivity (Wildman–Crippen MR) is 114 cm³/mol. The van der Waals surface area contributed by atoms with E-state index in [2.05, 4.69) is 9.71 Å². The minimum atomic E-state index is -4.73. The van der Waals surface area contributed by atoms with Gasteiger partial charge in [-0.15, -0.1) is 0 Å². The first-order chi connectivity index (χ1) is 15.0. The molecule has 1 aromatic carbocycles. The van der Waals surface area contributed by atoms with Crippen molar-refractivity contribution in [3.8, 4) is 0 Å². The monoisotopic (exact) mass is 490 g/mol. The van der Waals surface area contributed by atoms with Crippen LogP contribution in [0.1, 0.15) is 24.6 Å². The van der Waals surface area contributed by atoms with E-state index < -0.39 is 21.9 Å². The average molecular weight is 491 g/mol. The Bertz CT molecular complexity index is 1080. The van der Waals surface area contributed by atoms with Crippen LogP contribution in [0.15, 0.2) is 41.3 Å². The smallest absolute Gasteiger partial charge is 0.354 e. The number of pyridine rings is 1. The molecule has 7 nitrogen and oxygen atoms in total. The minimum Gasteiger partial charge on any atom is -0.354 e. The van der Waals surface area contributed by atoms with Gasteiger partial charge in [0.2, 0.25) is 15.9 Å². The zero-order chi connectivity index (χ0) is 23.5. The van der Waals surface area contributed by atoms with Crippen molar-refractivity contribution in [2.75, 3.05) is 31.1 Å². The van der Waals surface area contributed by atoms with Gasteiger partial charge in [-0.25, -0.2) is 18.1 Å². The van der Waals surface area contributed by atoms with Crippen molar-refractivity contribution in [3.63, 3.8) is 0 Å². The Morgan fingerprint density at radius 3 is 2.41 bits per heavy atom. The number of hydrogen-bond acceptors (Lipinski definition) is 5. The highest BCUT2D eigenvalue weighted by atomic mass is 35.5. The number of carbonyl (C=O) groups excluding carboxylic acids is 1. The molecule has 3 rings (SSSR count). The molecule has 1 fully saturated rings. The van der Waals surface area contributed by atoms with Gasteiger partial charge < -0.3 is 9.80 Å². The van der Waals surface area contributed by atoms with Crippen LogP contribution in [-0.4, -0.2) is 50.4 Å². The van der Waals surface area contributed by atoms with Crippen molar-refractivity contribution in [1.82, 2.24) is 14.6 Å². The fourth-order valence-corrected chi connectivity index (χ4v) is 4.63. The molecule has 12 heteroatoms. The first-order valence-corrected chi connectivity index (χ1v) is 11.7. The van der Waals surface area contributed by atoms with E-state index in [9.17, 15) is 26.4 Å². The third-order valence-corrected chi connectivity index (χ3v) is 6.71. The Hall–Kier alpha value is -2.37.